The van der Waals surface area contributed by atoms with Gasteiger partial charge in [0.1, 0.15) is 0 Å². The van der Waals surface area contributed by atoms with Crippen LogP contribution in [0.2, 0.25) is 0 Å². The van der Waals surface area contributed by atoms with Gasteiger partial charge in [-0.05, 0) is 57.0 Å². The molecule has 2 aliphatic rings. The molecule has 2 saturated heterocycles. The molecule has 1 unspecified atom stereocenters. The van der Waals surface area contributed by atoms with Gasteiger partial charge in [-0.15, -0.1) is 0 Å². The maximum atomic E-state index is 12.0. The first-order chi connectivity index (χ1) is 8.75. The zero-order chi connectivity index (χ0) is 12.8. The van der Waals surface area contributed by atoms with Gasteiger partial charge in [0.05, 0.1) is 0 Å². The molecule has 0 aromatic rings. The van der Waals surface area contributed by atoms with Crippen LogP contribution in [0, 0.1) is 11.8 Å². The van der Waals surface area contributed by atoms with E-state index < -0.39 is 0 Å². The van der Waals surface area contributed by atoms with Crippen LogP contribution in [0.15, 0.2) is 0 Å². The number of carbonyl (C=O) groups excluding carboxylic acids is 1. The molecule has 0 saturated carbocycles. The van der Waals surface area contributed by atoms with Crippen LogP contribution in [-0.4, -0.2) is 43.7 Å². The van der Waals surface area contributed by atoms with Crippen LogP contribution in [0.3, 0.4) is 0 Å². The Morgan fingerprint density at radius 1 is 1.33 bits per heavy atom. The second kappa shape index (κ2) is 6.98. The van der Waals surface area contributed by atoms with Crippen molar-refractivity contribution in [2.75, 3.05) is 32.7 Å². The number of rotatable bonds is 3. The zero-order valence-corrected chi connectivity index (χ0v) is 11.6. The number of carbonyl (C=O) groups is 1. The molecule has 4 nitrogen and oxygen atoms in total. The summed E-state index contributed by atoms with van der Waals surface area (Å²) in [5, 5.41) is 6.46. The number of amides is 2. The Balaban J connectivity index is 1.61. The van der Waals surface area contributed by atoms with E-state index in [1.165, 1.54) is 19.3 Å². The van der Waals surface area contributed by atoms with E-state index in [0.29, 0.717) is 5.92 Å². The van der Waals surface area contributed by atoms with E-state index in [9.17, 15) is 4.79 Å². The van der Waals surface area contributed by atoms with Crippen LogP contribution in [0.1, 0.15) is 39.0 Å². The third kappa shape index (κ3) is 4.16. The van der Waals surface area contributed by atoms with Crippen LogP contribution >= 0.6 is 0 Å². The Labute approximate surface area is 110 Å². The molecule has 4 heteroatoms. The molecule has 2 amide bonds. The van der Waals surface area contributed by atoms with Crippen molar-refractivity contribution in [1.29, 1.82) is 0 Å². The third-order valence-corrected chi connectivity index (χ3v) is 4.23. The minimum atomic E-state index is 0.149. The summed E-state index contributed by atoms with van der Waals surface area (Å²) in [7, 11) is 0. The quantitative estimate of drug-likeness (QED) is 0.806. The summed E-state index contributed by atoms with van der Waals surface area (Å²) in [4.78, 5) is 14.0. The lowest BCUT2D eigenvalue weighted by atomic mass is 9.95. The number of likely N-dealkylation sites (tertiary alicyclic amines) is 1. The van der Waals surface area contributed by atoms with Crippen LogP contribution in [0.25, 0.3) is 0 Å². The van der Waals surface area contributed by atoms with Crippen LogP contribution in [-0.2, 0) is 0 Å². The summed E-state index contributed by atoms with van der Waals surface area (Å²) in [6.07, 6.45) is 6.08. The summed E-state index contributed by atoms with van der Waals surface area (Å²) in [6.45, 7) is 7.22. The number of piperidine rings is 2. The Kier molecular flexibility index (Phi) is 5.29. The normalized spacial score (nSPS) is 26.1. The highest BCUT2D eigenvalue weighted by Crippen LogP contribution is 2.16. The predicted molar refractivity (Wildman–Crippen MR) is 73.6 cm³/mol. The van der Waals surface area contributed by atoms with Crippen LogP contribution < -0.4 is 10.6 Å². The summed E-state index contributed by atoms with van der Waals surface area (Å²) >= 11 is 0. The number of hydrogen-bond acceptors (Lipinski definition) is 2. The molecule has 2 rings (SSSR count). The SMILES string of the molecule is CC1CCCN(C(=O)NCCC2CCNCC2)C1. The summed E-state index contributed by atoms with van der Waals surface area (Å²) in [6, 6.07) is 0.149. The van der Waals surface area contributed by atoms with E-state index in [-0.39, 0.29) is 6.03 Å². The molecule has 104 valence electrons. The molecule has 0 radical (unpaired) electrons. The van der Waals surface area contributed by atoms with Gasteiger partial charge in [0.25, 0.3) is 0 Å². The Morgan fingerprint density at radius 3 is 2.83 bits per heavy atom. The summed E-state index contributed by atoms with van der Waals surface area (Å²) in [5.74, 6) is 1.46. The van der Waals surface area contributed by atoms with Gasteiger partial charge in [0, 0.05) is 19.6 Å². The molecular weight excluding hydrogens is 226 g/mol. The van der Waals surface area contributed by atoms with E-state index in [4.69, 9.17) is 0 Å². The van der Waals surface area contributed by atoms with Crippen LogP contribution in [0.5, 0.6) is 0 Å². The topological polar surface area (TPSA) is 44.4 Å². The third-order valence-electron chi connectivity index (χ3n) is 4.23. The fourth-order valence-corrected chi connectivity index (χ4v) is 3.04. The highest BCUT2D eigenvalue weighted by atomic mass is 16.2. The van der Waals surface area contributed by atoms with Gasteiger partial charge in [0.2, 0.25) is 0 Å². The molecule has 0 aromatic heterocycles. The van der Waals surface area contributed by atoms with Gasteiger partial charge >= 0.3 is 6.03 Å². The molecule has 18 heavy (non-hydrogen) atoms. The molecule has 2 N–H and O–H groups in total. The predicted octanol–water partition coefficient (Wildman–Crippen LogP) is 1.82. The summed E-state index contributed by atoms with van der Waals surface area (Å²) < 4.78 is 0. The lowest BCUT2D eigenvalue weighted by Gasteiger charge is -2.31. The lowest BCUT2D eigenvalue weighted by Crippen LogP contribution is -2.45. The maximum Gasteiger partial charge on any atom is 0.317 e. The number of hydrogen-bond donors (Lipinski definition) is 2. The van der Waals surface area contributed by atoms with Crippen LogP contribution in [0.4, 0.5) is 4.79 Å². The Bertz CT molecular complexity index is 264. The summed E-state index contributed by atoms with van der Waals surface area (Å²) in [5.41, 5.74) is 0. The first-order valence-corrected chi connectivity index (χ1v) is 7.49. The van der Waals surface area contributed by atoms with Crippen molar-refractivity contribution in [2.24, 2.45) is 11.8 Å². The second-order valence-corrected chi connectivity index (χ2v) is 5.91. The molecule has 0 spiro atoms. The van der Waals surface area contributed by atoms with Crippen molar-refractivity contribution in [1.82, 2.24) is 15.5 Å². The molecule has 2 fully saturated rings. The number of urea groups is 1. The minimum absolute atomic E-state index is 0.149. The van der Waals surface area contributed by atoms with E-state index in [1.54, 1.807) is 0 Å². The molecular formula is C14H27N3O. The monoisotopic (exact) mass is 253 g/mol. The van der Waals surface area contributed by atoms with Crippen molar-refractivity contribution in [2.45, 2.75) is 39.0 Å². The largest absolute Gasteiger partial charge is 0.338 e. The zero-order valence-electron chi connectivity index (χ0n) is 11.6. The smallest absolute Gasteiger partial charge is 0.317 e. The molecule has 0 bridgehead atoms. The first kappa shape index (κ1) is 13.7. The Hall–Kier alpha value is -0.770. The highest BCUT2D eigenvalue weighted by molar-refractivity contribution is 5.74. The van der Waals surface area contributed by atoms with Gasteiger partial charge < -0.3 is 15.5 Å². The van der Waals surface area contributed by atoms with Gasteiger partial charge in [0.15, 0.2) is 0 Å². The van der Waals surface area contributed by atoms with Crippen molar-refractivity contribution in [3.05, 3.63) is 0 Å². The lowest BCUT2D eigenvalue weighted by molar-refractivity contribution is 0.169. The van der Waals surface area contributed by atoms with Gasteiger partial charge in [-0.2, -0.15) is 0 Å². The van der Waals surface area contributed by atoms with E-state index in [0.717, 1.165) is 51.5 Å². The van der Waals surface area contributed by atoms with E-state index >= 15 is 0 Å². The van der Waals surface area contributed by atoms with Crippen molar-refractivity contribution < 1.29 is 4.79 Å². The van der Waals surface area contributed by atoms with Crippen molar-refractivity contribution in [3.63, 3.8) is 0 Å². The van der Waals surface area contributed by atoms with Gasteiger partial charge in [-0.3, -0.25) is 0 Å². The average molecular weight is 253 g/mol. The maximum absolute atomic E-state index is 12.0. The highest BCUT2D eigenvalue weighted by Gasteiger charge is 2.20. The molecule has 1 atom stereocenters. The first-order valence-electron chi connectivity index (χ1n) is 7.49. The molecule has 0 aliphatic carbocycles. The fraction of sp³-hybridized carbons (Fsp3) is 0.929. The van der Waals surface area contributed by atoms with Crippen molar-refractivity contribution in [3.8, 4) is 0 Å². The number of nitrogens with one attached hydrogen (secondary N) is 2. The van der Waals surface area contributed by atoms with E-state index in [1.807, 2.05) is 4.90 Å². The van der Waals surface area contributed by atoms with E-state index in [2.05, 4.69) is 17.6 Å². The fourth-order valence-electron chi connectivity index (χ4n) is 3.04. The van der Waals surface area contributed by atoms with Crippen molar-refractivity contribution >= 4 is 6.03 Å². The van der Waals surface area contributed by atoms with Gasteiger partial charge in [-0.1, -0.05) is 6.92 Å². The average Bonchev–Trinajstić information content (AvgIpc) is 2.40. The van der Waals surface area contributed by atoms with Gasteiger partial charge in [-0.25, -0.2) is 4.79 Å². The molecule has 0 aromatic carbocycles. The molecule has 2 aliphatic heterocycles. The number of nitrogens with zero attached hydrogens (tertiary/aromatic N) is 1. The Morgan fingerprint density at radius 2 is 2.11 bits per heavy atom. The minimum Gasteiger partial charge on any atom is -0.338 e. The second-order valence-electron chi connectivity index (χ2n) is 5.91. The molecule has 2 heterocycles. The standard InChI is InChI=1S/C14H27N3O/c1-12-3-2-10-17(11-12)14(18)16-9-6-13-4-7-15-8-5-13/h12-13,15H,2-11H2,1H3,(H,16,18).